The van der Waals surface area contributed by atoms with Crippen LogP contribution in [0.4, 0.5) is 0 Å². The zero-order valence-corrected chi connectivity index (χ0v) is 10.5. The van der Waals surface area contributed by atoms with Gasteiger partial charge < -0.3 is 10.2 Å². The molecule has 0 spiro atoms. The molecular weight excluding hydrogens is 244 g/mol. The molecule has 2 rings (SSSR count). The number of aromatic carboxylic acids is 1. The molecule has 4 nitrogen and oxygen atoms in total. The molecule has 0 bridgehead atoms. The summed E-state index contributed by atoms with van der Waals surface area (Å²) in [6.45, 7) is 1.74. The van der Waals surface area contributed by atoms with Gasteiger partial charge in [0, 0.05) is 0 Å². The molecule has 0 aliphatic carbocycles. The summed E-state index contributed by atoms with van der Waals surface area (Å²) in [4.78, 5) is 22.7. The monoisotopic (exact) mass is 258 g/mol. The minimum Gasteiger partial charge on any atom is -0.481 e. The average Bonchev–Trinajstić information content (AvgIpc) is 2.38. The van der Waals surface area contributed by atoms with E-state index in [4.69, 9.17) is 0 Å². The highest BCUT2D eigenvalue weighted by Gasteiger charge is 2.25. The van der Waals surface area contributed by atoms with E-state index in [0.29, 0.717) is 17.4 Å². The zero-order valence-electron chi connectivity index (χ0n) is 10.5. The molecule has 0 saturated heterocycles. The zero-order chi connectivity index (χ0) is 14.0. The Kier molecular flexibility index (Phi) is 3.51. The van der Waals surface area contributed by atoms with Crippen LogP contribution in [0, 0.1) is 0 Å². The third-order valence-electron chi connectivity index (χ3n) is 3.26. The smallest absolute Gasteiger partial charge is 0.336 e. The van der Waals surface area contributed by atoms with E-state index in [1.54, 1.807) is 31.2 Å². The second kappa shape index (κ2) is 5.10. The molecule has 0 saturated carbocycles. The van der Waals surface area contributed by atoms with Crippen LogP contribution in [0.2, 0.25) is 0 Å². The van der Waals surface area contributed by atoms with E-state index in [1.165, 1.54) is 0 Å². The summed E-state index contributed by atoms with van der Waals surface area (Å²) in [6.07, 6.45) is 0.355. The minimum absolute atomic E-state index is 0.0901. The number of fused-ring (bicyclic) bond motifs is 1. The molecule has 0 radical (unpaired) electrons. The fourth-order valence-electron chi connectivity index (χ4n) is 2.35. The normalized spacial score (nSPS) is 12.3. The van der Waals surface area contributed by atoms with E-state index in [2.05, 4.69) is 0 Å². The highest BCUT2D eigenvalue weighted by Crippen LogP contribution is 2.29. The standard InChI is InChI=1S/C15H14O4/c1-2-10(14(16)17)12-8-7-9-5-3-4-6-11(9)13(12)15(18)19/h3-8,10H,2H2,1H3,(H,16,17)(H,18,19). The molecule has 2 N–H and O–H groups in total. The van der Waals surface area contributed by atoms with Crippen LogP contribution in [0.15, 0.2) is 36.4 Å². The predicted molar refractivity (Wildman–Crippen MR) is 71.6 cm³/mol. The van der Waals surface area contributed by atoms with Crippen molar-refractivity contribution >= 4 is 22.7 Å². The lowest BCUT2D eigenvalue weighted by atomic mass is 9.89. The van der Waals surface area contributed by atoms with Gasteiger partial charge in [-0.2, -0.15) is 0 Å². The SMILES string of the molecule is CCC(C(=O)O)c1ccc2ccccc2c1C(=O)O. The summed E-state index contributed by atoms with van der Waals surface area (Å²) < 4.78 is 0. The van der Waals surface area contributed by atoms with Gasteiger partial charge in [0.2, 0.25) is 0 Å². The first-order valence-electron chi connectivity index (χ1n) is 6.04. The molecule has 1 unspecified atom stereocenters. The number of rotatable bonds is 4. The maximum Gasteiger partial charge on any atom is 0.336 e. The average molecular weight is 258 g/mol. The van der Waals surface area contributed by atoms with Gasteiger partial charge in [-0.05, 0) is 22.8 Å². The van der Waals surface area contributed by atoms with Crippen molar-refractivity contribution in [2.24, 2.45) is 0 Å². The van der Waals surface area contributed by atoms with Crippen LogP contribution in [0.1, 0.15) is 35.2 Å². The van der Waals surface area contributed by atoms with Crippen molar-refractivity contribution in [2.75, 3.05) is 0 Å². The highest BCUT2D eigenvalue weighted by molar-refractivity contribution is 6.06. The van der Waals surface area contributed by atoms with Crippen LogP contribution in [-0.2, 0) is 4.79 Å². The first kappa shape index (κ1) is 13.1. The van der Waals surface area contributed by atoms with Crippen LogP contribution in [0.25, 0.3) is 10.8 Å². The van der Waals surface area contributed by atoms with Crippen molar-refractivity contribution < 1.29 is 19.8 Å². The first-order chi connectivity index (χ1) is 9.06. The Morgan fingerprint density at radius 2 is 1.79 bits per heavy atom. The Morgan fingerprint density at radius 3 is 2.37 bits per heavy atom. The number of carboxylic acids is 2. The molecule has 0 aromatic heterocycles. The Balaban J connectivity index is 2.77. The van der Waals surface area contributed by atoms with E-state index in [-0.39, 0.29) is 5.56 Å². The molecule has 0 aliphatic rings. The van der Waals surface area contributed by atoms with Gasteiger partial charge in [0.1, 0.15) is 0 Å². The number of carboxylic acid groups (broad SMARTS) is 2. The molecule has 2 aromatic carbocycles. The fourth-order valence-corrected chi connectivity index (χ4v) is 2.35. The molecule has 2 aromatic rings. The number of hydrogen-bond acceptors (Lipinski definition) is 2. The molecule has 0 heterocycles. The van der Waals surface area contributed by atoms with Crippen molar-refractivity contribution in [3.05, 3.63) is 47.5 Å². The summed E-state index contributed by atoms with van der Waals surface area (Å²) >= 11 is 0. The van der Waals surface area contributed by atoms with Gasteiger partial charge in [-0.25, -0.2) is 4.79 Å². The predicted octanol–water partition coefficient (Wildman–Crippen LogP) is 3.12. The number of carbonyl (C=O) groups is 2. The molecule has 0 amide bonds. The van der Waals surface area contributed by atoms with Crippen molar-refractivity contribution in [1.82, 2.24) is 0 Å². The summed E-state index contributed by atoms with van der Waals surface area (Å²) in [5.41, 5.74) is 0.452. The largest absolute Gasteiger partial charge is 0.481 e. The van der Waals surface area contributed by atoms with Crippen molar-refractivity contribution in [1.29, 1.82) is 0 Å². The maximum atomic E-state index is 11.5. The van der Waals surface area contributed by atoms with Gasteiger partial charge in [-0.3, -0.25) is 4.79 Å². The number of hydrogen-bond donors (Lipinski definition) is 2. The lowest BCUT2D eigenvalue weighted by Crippen LogP contribution is -2.15. The second-order valence-corrected chi connectivity index (χ2v) is 4.36. The van der Waals surface area contributed by atoms with E-state index in [0.717, 1.165) is 5.39 Å². The Labute approximate surface area is 110 Å². The van der Waals surface area contributed by atoms with E-state index in [9.17, 15) is 19.8 Å². The van der Waals surface area contributed by atoms with Crippen LogP contribution in [-0.4, -0.2) is 22.2 Å². The van der Waals surface area contributed by atoms with Crippen LogP contribution < -0.4 is 0 Å². The molecule has 98 valence electrons. The van der Waals surface area contributed by atoms with E-state index < -0.39 is 17.9 Å². The first-order valence-corrected chi connectivity index (χ1v) is 6.04. The number of aliphatic carboxylic acids is 1. The molecule has 4 heteroatoms. The quantitative estimate of drug-likeness (QED) is 0.883. The third kappa shape index (κ3) is 2.29. The van der Waals surface area contributed by atoms with Gasteiger partial charge in [0.25, 0.3) is 0 Å². The van der Waals surface area contributed by atoms with Gasteiger partial charge in [-0.15, -0.1) is 0 Å². The summed E-state index contributed by atoms with van der Waals surface area (Å²) in [7, 11) is 0. The fraction of sp³-hybridized carbons (Fsp3) is 0.200. The minimum atomic E-state index is -1.09. The van der Waals surface area contributed by atoms with Gasteiger partial charge in [0.05, 0.1) is 11.5 Å². The molecular formula is C15H14O4. The van der Waals surface area contributed by atoms with Crippen LogP contribution in [0.3, 0.4) is 0 Å². The lowest BCUT2D eigenvalue weighted by Gasteiger charge is -2.15. The number of benzene rings is 2. The van der Waals surface area contributed by atoms with E-state index >= 15 is 0 Å². The summed E-state index contributed by atoms with van der Waals surface area (Å²) in [5, 5.41) is 20.0. The van der Waals surface area contributed by atoms with Crippen molar-refractivity contribution in [2.45, 2.75) is 19.3 Å². The van der Waals surface area contributed by atoms with E-state index in [1.807, 2.05) is 12.1 Å². The summed E-state index contributed by atoms with van der Waals surface area (Å²) in [5.74, 6) is -2.89. The topological polar surface area (TPSA) is 74.6 Å². The third-order valence-corrected chi connectivity index (χ3v) is 3.26. The second-order valence-electron chi connectivity index (χ2n) is 4.36. The van der Waals surface area contributed by atoms with Gasteiger partial charge >= 0.3 is 11.9 Å². The van der Waals surface area contributed by atoms with Gasteiger partial charge in [-0.1, -0.05) is 43.3 Å². The van der Waals surface area contributed by atoms with Crippen LogP contribution in [0.5, 0.6) is 0 Å². The molecule has 19 heavy (non-hydrogen) atoms. The Bertz CT molecular complexity index is 646. The highest BCUT2D eigenvalue weighted by atomic mass is 16.4. The van der Waals surface area contributed by atoms with Crippen molar-refractivity contribution in [3.63, 3.8) is 0 Å². The molecule has 0 aliphatic heterocycles. The maximum absolute atomic E-state index is 11.5. The van der Waals surface area contributed by atoms with Crippen molar-refractivity contribution in [3.8, 4) is 0 Å². The van der Waals surface area contributed by atoms with Gasteiger partial charge in [0.15, 0.2) is 0 Å². The Hall–Kier alpha value is -2.36. The molecule has 1 atom stereocenters. The van der Waals surface area contributed by atoms with Crippen LogP contribution >= 0.6 is 0 Å². The summed E-state index contributed by atoms with van der Waals surface area (Å²) in [6, 6.07) is 10.5. The molecule has 0 fully saturated rings. The Morgan fingerprint density at radius 1 is 1.11 bits per heavy atom. The lowest BCUT2D eigenvalue weighted by molar-refractivity contribution is -0.138.